The molecule has 0 aliphatic carbocycles. The molecule has 0 aromatic carbocycles. The lowest BCUT2D eigenvalue weighted by molar-refractivity contribution is 0.482. The second-order valence-electron chi connectivity index (χ2n) is 5.94. The maximum absolute atomic E-state index is 10.9. The predicted molar refractivity (Wildman–Crippen MR) is 92.1 cm³/mol. The Balaban J connectivity index is 4.65. The fourth-order valence-electron chi connectivity index (χ4n) is 2.73. The van der Waals surface area contributed by atoms with Gasteiger partial charge < -0.3 is 0 Å². The van der Waals surface area contributed by atoms with Crippen molar-refractivity contribution in [2.45, 2.75) is 65.7 Å². The molecule has 122 valence electrons. The highest BCUT2D eigenvalue weighted by molar-refractivity contribution is 7.85. The third kappa shape index (κ3) is 10.1. The number of unbranched alkanes of at least 4 members (excludes halogenated alkanes) is 3. The van der Waals surface area contributed by atoms with E-state index in [0.29, 0.717) is 6.42 Å². The first-order valence-electron chi connectivity index (χ1n) is 8.19. The van der Waals surface area contributed by atoms with Gasteiger partial charge in [0.15, 0.2) is 0 Å². The van der Waals surface area contributed by atoms with Gasteiger partial charge in [-0.2, -0.15) is 8.42 Å². The van der Waals surface area contributed by atoms with Crippen molar-refractivity contribution < 1.29 is 13.0 Å². The molecule has 0 spiro atoms. The Bertz CT molecular complexity index is 306. The molecule has 0 unspecified atom stereocenters. The Kier molecular flexibility index (Phi) is 11.2. The summed E-state index contributed by atoms with van der Waals surface area (Å²) >= 11 is 0. The fraction of sp³-hybridized carbons (Fsp3) is 1.00. The smallest absolute Gasteiger partial charge is 0.264 e. The van der Waals surface area contributed by atoms with Crippen LogP contribution in [0.15, 0.2) is 0 Å². The van der Waals surface area contributed by atoms with Gasteiger partial charge in [0.2, 0.25) is 0 Å². The molecule has 20 heavy (non-hydrogen) atoms. The lowest BCUT2D eigenvalue weighted by atomic mass is 10.4. The third-order valence-corrected chi connectivity index (χ3v) is 9.86. The molecule has 0 aromatic rings. The molecular formula is C15H34O3PS+. The molecule has 0 aliphatic rings. The van der Waals surface area contributed by atoms with Crippen LogP contribution in [-0.2, 0) is 10.1 Å². The van der Waals surface area contributed by atoms with Gasteiger partial charge in [0.25, 0.3) is 10.1 Å². The maximum atomic E-state index is 10.9. The van der Waals surface area contributed by atoms with Crippen molar-refractivity contribution in [1.82, 2.24) is 0 Å². The summed E-state index contributed by atoms with van der Waals surface area (Å²) in [5.74, 6) is -0.0564. The molecular weight excluding hydrogens is 291 g/mol. The van der Waals surface area contributed by atoms with E-state index < -0.39 is 17.4 Å². The largest absolute Gasteiger partial charge is 0.286 e. The summed E-state index contributed by atoms with van der Waals surface area (Å²) in [6.45, 7) is 6.69. The Morgan fingerprint density at radius 3 is 1.40 bits per heavy atom. The molecule has 0 saturated heterocycles. The van der Waals surface area contributed by atoms with Crippen LogP contribution in [0.1, 0.15) is 65.7 Å². The van der Waals surface area contributed by atoms with E-state index in [-0.39, 0.29) is 5.75 Å². The van der Waals surface area contributed by atoms with Gasteiger partial charge in [-0.25, -0.2) is 0 Å². The van der Waals surface area contributed by atoms with Gasteiger partial charge in [0, 0.05) is 7.26 Å². The third-order valence-electron chi connectivity index (χ3n) is 3.99. The van der Waals surface area contributed by atoms with Gasteiger partial charge in [-0.15, -0.1) is 0 Å². The molecule has 0 aliphatic heterocycles. The van der Waals surface area contributed by atoms with Crippen LogP contribution in [0.2, 0.25) is 0 Å². The zero-order valence-corrected chi connectivity index (χ0v) is 15.3. The minimum atomic E-state index is -3.79. The molecule has 0 saturated carbocycles. The van der Waals surface area contributed by atoms with Crippen molar-refractivity contribution in [2.75, 3.05) is 30.4 Å². The molecule has 1 N–H and O–H groups in total. The maximum Gasteiger partial charge on any atom is 0.264 e. The molecule has 3 nitrogen and oxygen atoms in total. The van der Waals surface area contributed by atoms with Gasteiger partial charge in [-0.1, -0.05) is 40.0 Å². The Hall–Kier alpha value is 0.340. The van der Waals surface area contributed by atoms with Crippen molar-refractivity contribution >= 4 is 17.4 Å². The van der Waals surface area contributed by atoms with Crippen LogP contribution in [0.4, 0.5) is 0 Å². The van der Waals surface area contributed by atoms with E-state index in [1.807, 2.05) is 0 Å². The van der Waals surface area contributed by atoms with Crippen LogP contribution in [0, 0.1) is 0 Å². The zero-order valence-electron chi connectivity index (χ0n) is 13.6. The molecule has 0 atom stereocenters. The molecule has 0 fully saturated rings. The SMILES string of the molecule is CCCC[P+](CCCC)(CCCC)CCCS(=O)(=O)O. The highest BCUT2D eigenvalue weighted by Gasteiger charge is 2.35. The zero-order chi connectivity index (χ0) is 15.5. The monoisotopic (exact) mass is 325 g/mol. The van der Waals surface area contributed by atoms with E-state index >= 15 is 0 Å². The second kappa shape index (κ2) is 11.0. The normalized spacial score (nSPS) is 12.8. The summed E-state index contributed by atoms with van der Waals surface area (Å²) in [4.78, 5) is 0. The van der Waals surface area contributed by atoms with E-state index in [1.165, 1.54) is 57.0 Å². The molecule has 0 heterocycles. The lowest BCUT2D eigenvalue weighted by Crippen LogP contribution is -2.15. The molecule has 5 heteroatoms. The van der Waals surface area contributed by atoms with E-state index in [0.717, 1.165) is 6.16 Å². The first kappa shape index (κ1) is 20.3. The Labute approximate surface area is 127 Å². The van der Waals surface area contributed by atoms with Crippen LogP contribution >= 0.6 is 7.26 Å². The van der Waals surface area contributed by atoms with Gasteiger partial charge in [0.05, 0.1) is 30.4 Å². The van der Waals surface area contributed by atoms with E-state index in [4.69, 9.17) is 4.55 Å². The van der Waals surface area contributed by atoms with Crippen LogP contribution in [0.3, 0.4) is 0 Å². The van der Waals surface area contributed by atoms with Gasteiger partial charge in [-0.3, -0.25) is 4.55 Å². The van der Waals surface area contributed by atoms with E-state index in [2.05, 4.69) is 20.8 Å². The summed E-state index contributed by atoms with van der Waals surface area (Å²) < 4.78 is 30.8. The van der Waals surface area contributed by atoms with Crippen molar-refractivity contribution in [2.24, 2.45) is 0 Å². The lowest BCUT2D eigenvalue weighted by Gasteiger charge is -2.28. The molecule has 0 rings (SSSR count). The first-order chi connectivity index (χ1) is 9.39. The summed E-state index contributed by atoms with van der Waals surface area (Å²) in [5, 5.41) is 0. The Morgan fingerprint density at radius 2 is 1.10 bits per heavy atom. The molecule has 0 bridgehead atoms. The van der Waals surface area contributed by atoms with Gasteiger partial charge >= 0.3 is 0 Å². The number of rotatable bonds is 13. The average molecular weight is 325 g/mol. The van der Waals surface area contributed by atoms with Crippen LogP contribution in [0.25, 0.3) is 0 Å². The van der Waals surface area contributed by atoms with Gasteiger partial charge in [-0.05, 0) is 25.7 Å². The fourth-order valence-corrected chi connectivity index (χ4v) is 8.59. The number of hydrogen-bond donors (Lipinski definition) is 1. The Morgan fingerprint density at radius 1 is 0.750 bits per heavy atom. The van der Waals surface area contributed by atoms with Gasteiger partial charge in [0.1, 0.15) is 0 Å². The first-order valence-corrected chi connectivity index (χ1v) is 12.3. The van der Waals surface area contributed by atoms with Crippen LogP contribution in [-0.4, -0.2) is 43.4 Å². The molecule has 0 amide bonds. The van der Waals surface area contributed by atoms with Crippen molar-refractivity contribution in [3.8, 4) is 0 Å². The van der Waals surface area contributed by atoms with Crippen LogP contribution in [0.5, 0.6) is 0 Å². The molecule has 0 aromatic heterocycles. The standard InChI is InChI=1S/C15H33O3PS/c1-4-7-11-19(12-8-5-2,13-9-6-3)14-10-15-20(16,17)18/h4-15H2,1-3H3/p+1. The van der Waals surface area contributed by atoms with Crippen molar-refractivity contribution in [3.05, 3.63) is 0 Å². The second-order valence-corrected chi connectivity index (χ2v) is 12.0. The van der Waals surface area contributed by atoms with Crippen LogP contribution < -0.4 is 0 Å². The predicted octanol–water partition coefficient (Wildman–Crippen LogP) is 4.68. The quantitative estimate of drug-likeness (QED) is 0.395. The highest BCUT2D eigenvalue weighted by Crippen LogP contribution is 2.61. The topological polar surface area (TPSA) is 54.4 Å². The summed E-state index contributed by atoms with van der Waals surface area (Å²) in [6.07, 6.45) is 13.1. The van der Waals surface area contributed by atoms with E-state index in [1.54, 1.807) is 0 Å². The summed E-state index contributed by atoms with van der Waals surface area (Å²) in [7, 11) is -4.80. The van der Waals surface area contributed by atoms with Crippen molar-refractivity contribution in [1.29, 1.82) is 0 Å². The minimum Gasteiger partial charge on any atom is -0.286 e. The number of hydrogen-bond acceptors (Lipinski definition) is 2. The van der Waals surface area contributed by atoms with E-state index in [9.17, 15) is 8.42 Å². The molecule has 0 radical (unpaired) electrons. The summed E-state index contributed by atoms with van der Waals surface area (Å²) in [6, 6.07) is 0. The summed E-state index contributed by atoms with van der Waals surface area (Å²) in [5.41, 5.74) is 0. The van der Waals surface area contributed by atoms with Crippen molar-refractivity contribution in [3.63, 3.8) is 0 Å². The minimum absolute atomic E-state index is 0.0564. The average Bonchev–Trinajstić information content (AvgIpc) is 2.38. The highest BCUT2D eigenvalue weighted by atomic mass is 32.2.